The fraction of sp³-hybridized carbons (Fsp3) is 0.118. The van der Waals surface area contributed by atoms with Crippen LogP contribution in [0, 0.1) is 5.82 Å². The summed E-state index contributed by atoms with van der Waals surface area (Å²) in [4.78, 5) is 11.4. The van der Waals surface area contributed by atoms with Crippen LogP contribution in [0.1, 0.15) is 16.1 Å². The molecule has 0 saturated carbocycles. The minimum absolute atomic E-state index is 0.0777. The number of benzene rings is 2. The predicted molar refractivity (Wildman–Crippen MR) is 84.5 cm³/mol. The lowest BCUT2D eigenvalue weighted by molar-refractivity contribution is 0.0691. The number of hydrogen-bond acceptors (Lipinski definition) is 4. The molecule has 3 rings (SSSR count). The van der Waals surface area contributed by atoms with E-state index in [-0.39, 0.29) is 18.1 Å². The second-order valence-electron chi connectivity index (χ2n) is 5.07. The first-order valence-electron chi connectivity index (χ1n) is 7.14. The van der Waals surface area contributed by atoms with Gasteiger partial charge < -0.3 is 9.84 Å². The van der Waals surface area contributed by atoms with Gasteiger partial charge in [-0.05, 0) is 30.3 Å². The van der Waals surface area contributed by atoms with Gasteiger partial charge in [-0.1, -0.05) is 23.4 Å². The maximum absolute atomic E-state index is 13.9. The summed E-state index contributed by atoms with van der Waals surface area (Å²) in [6.07, 6.45) is 0. The molecule has 24 heavy (non-hydrogen) atoms. The summed E-state index contributed by atoms with van der Waals surface area (Å²) in [7, 11) is 1.54. The third-order valence-corrected chi connectivity index (χ3v) is 3.58. The van der Waals surface area contributed by atoms with E-state index in [9.17, 15) is 14.3 Å². The maximum atomic E-state index is 13.9. The Hall–Kier alpha value is -3.22. The van der Waals surface area contributed by atoms with Crippen molar-refractivity contribution in [1.82, 2.24) is 15.0 Å². The summed E-state index contributed by atoms with van der Waals surface area (Å²) in [5, 5.41) is 16.9. The van der Waals surface area contributed by atoms with Crippen molar-refractivity contribution in [1.29, 1.82) is 0 Å². The molecule has 0 aliphatic heterocycles. The first kappa shape index (κ1) is 15.7. The van der Waals surface area contributed by atoms with Crippen molar-refractivity contribution in [2.45, 2.75) is 6.54 Å². The summed E-state index contributed by atoms with van der Waals surface area (Å²) in [5.41, 5.74) is 1.13. The van der Waals surface area contributed by atoms with Gasteiger partial charge in [0, 0.05) is 11.1 Å². The molecule has 3 aromatic rings. The number of carboxylic acid groups (broad SMARTS) is 1. The van der Waals surface area contributed by atoms with E-state index in [1.54, 1.807) is 49.6 Å². The van der Waals surface area contributed by atoms with E-state index >= 15 is 0 Å². The van der Waals surface area contributed by atoms with Gasteiger partial charge in [0.1, 0.15) is 17.3 Å². The Morgan fingerprint density at radius 3 is 2.54 bits per heavy atom. The number of rotatable bonds is 5. The SMILES string of the molecule is COc1ccc(-c2c(C(=O)O)nnn2Cc2ccccc2F)cc1. The van der Waals surface area contributed by atoms with Crippen LogP contribution in [0.5, 0.6) is 5.75 Å². The quantitative estimate of drug-likeness (QED) is 0.780. The molecule has 0 aliphatic carbocycles. The molecule has 0 radical (unpaired) electrons. The molecule has 0 amide bonds. The maximum Gasteiger partial charge on any atom is 0.358 e. The van der Waals surface area contributed by atoms with Crippen molar-refractivity contribution < 1.29 is 19.0 Å². The Labute approximate surface area is 137 Å². The predicted octanol–water partition coefficient (Wildman–Crippen LogP) is 2.84. The van der Waals surface area contributed by atoms with Crippen molar-refractivity contribution in [3.05, 3.63) is 65.6 Å². The molecule has 0 spiro atoms. The number of halogens is 1. The van der Waals surface area contributed by atoms with Crippen LogP contribution < -0.4 is 4.74 Å². The lowest BCUT2D eigenvalue weighted by Crippen LogP contribution is -2.07. The highest BCUT2D eigenvalue weighted by atomic mass is 19.1. The number of aromatic carboxylic acids is 1. The van der Waals surface area contributed by atoms with Crippen LogP contribution >= 0.6 is 0 Å². The zero-order chi connectivity index (χ0) is 17.1. The number of carboxylic acids is 1. The van der Waals surface area contributed by atoms with Gasteiger partial charge in [0.25, 0.3) is 0 Å². The van der Waals surface area contributed by atoms with Crippen LogP contribution in [0.4, 0.5) is 4.39 Å². The highest BCUT2D eigenvalue weighted by Crippen LogP contribution is 2.25. The van der Waals surface area contributed by atoms with Gasteiger partial charge in [-0.25, -0.2) is 13.9 Å². The molecule has 6 nitrogen and oxygen atoms in total. The van der Waals surface area contributed by atoms with Crippen LogP contribution in [0.15, 0.2) is 48.5 Å². The number of nitrogens with zero attached hydrogens (tertiary/aromatic N) is 3. The Balaban J connectivity index is 2.07. The number of aromatic nitrogens is 3. The molecule has 0 atom stereocenters. The Morgan fingerprint density at radius 2 is 1.92 bits per heavy atom. The van der Waals surface area contributed by atoms with Crippen LogP contribution in [0.3, 0.4) is 0 Å². The summed E-state index contributed by atoms with van der Waals surface area (Å²) >= 11 is 0. The lowest BCUT2D eigenvalue weighted by atomic mass is 10.1. The van der Waals surface area contributed by atoms with Crippen molar-refractivity contribution in [2.24, 2.45) is 0 Å². The fourth-order valence-corrected chi connectivity index (χ4v) is 2.39. The van der Waals surface area contributed by atoms with Gasteiger partial charge in [-0.15, -0.1) is 5.10 Å². The van der Waals surface area contributed by atoms with Gasteiger partial charge in [0.2, 0.25) is 0 Å². The summed E-state index contributed by atoms with van der Waals surface area (Å²) < 4.78 is 20.4. The smallest absolute Gasteiger partial charge is 0.358 e. The molecular formula is C17H14FN3O3. The van der Waals surface area contributed by atoms with E-state index in [0.29, 0.717) is 22.6 Å². The van der Waals surface area contributed by atoms with Crippen molar-refractivity contribution in [2.75, 3.05) is 7.11 Å². The summed E-state index contributed by atoms with van der Waals surface area (Å²) in [5.74, 6) is -0.935. The van der Waals surface area contributed by atoms with Gasteiger partial charge in [-0.2, -0.15) is 0 Å². The Kier molecular flexibility index (Phi) is 4.24. The average molecular weight is 327 g/mol. The molecule has 7 heteroatoms. The minimum atomic E-state index is -1.19. The van der Waals surface area contributed by atoms with Crippen molar-refractivity contribution in [3.8, 4) is 17.0 Å². The molecule has 122 valence electrons. The third kappa shape index (κ3) is 2.96. The molecule has 2 aromatic carbocycles. The first-order chi connectivity index (χ1) is 11.6. The van der Waals surface area contributed by atoms with Crippen LogP contribution in [-0.2, 0) is 6.54 Å². The molecular weight excluding hydrogens is 313 g/mol. The Morgan fingerprint density at radius 1 is 1.21 bits per heavy atom. The molecule has 0 unspecified atom stereocenters. The van der Waals surface area contributed by atoms with Gasteiger partial charge in [0.15, 0.2) is 5.69 Å². The van der Waals surface area contributed by atoms with Crippen molar-refractivity contribution >= 4 is 5.97 Å². The van der Waals surface area contributed by atoms with Gasteiger partial charge in [-0.3, -0.25) is 0 Å². The standard InChI is InChI=1S/C17H14FN3O3/c1-24-13-8-6-11(7-9-13)16-15(17(22)23)19-20-21(16)10-12-4-2-3-5-14(12)18/h2-9H,10H2,1H3,(H,22,23). The van der Waals surface area contributed by atoms with Gasteiger partial charge >= 0.3 is 5.97 Å². The highest BCUT2D eigenvalue weighted by molar-refractivity contribution is 5.92. The summed E-state index contributed by atoms with van der Waals surface area (Å²) in [6, 6.07) is 13.1. The lowest BCUT2D eigenvalue weighted by Gasteiger charge is -2.09. The van der Waals surface area contributed by atoms with Crippen LogP contribution in [0.25, 0.3) is 11.3 Å². The molecule has 1 heterocycles. The molecule has 1 N–H and O–H groups in total. The second-order valence-corrected chi connectivity index (χ2v) is 5.07. The monoisotopic (exact) mass is 327 g/mol. The van der Waals surface area contributed by atoms with E-state index < -0.39 is 5.97 Å². The summed E-state index contributed by atoms with van der Waals surface area (Å²) in [6.45, 7) is 0.0777. The van der Waals surface area contributed by atoms with Crippen LogP contribution in [-0.4, -0.2) is 33.2 Å². The average Bonchev–Trinajstić information content (AvgIpc) is 3.01. The topological polar surface area (TPSA) is 77.2 Å². The first-order valence-corrected chi connectivity index (χ1v) is 7.14. The molecule has 0 fully saturated rings. The largest absolute Gasteiger partial charge is 0.497 e. The van der Waals surface area contributed by atoms with E-state index in [2.05, 4.69) is 10.3 Å². The van der Waals surface area contributed by atoms with E-state index in [1.807, 2.05) is 0 Å². The zero-order valence-electron chi connectivity index (χ0n) is 12.8. The number of methoxy groups -OCH3 is 1. The molecule has 0 bridgehead atoms. The zero-order valence-corrected chi connectivity index (χ0v) is 12.8. The molecule has 0 saturated heterocycles. The number of ether oxygens (including phenoxy) is 1. The van der Waals surface area contributed by atoms with Crippen LogP contribution in [0.2, 0.25) is 0 Å². The van der Waals surface area contributed by atoms with E-state index in [1.165, 1.54) is 10.7 Å². The van der Waals surface area contributed by atoms with Gasteiger partial charge in [0.05, 0.1) is 13.7 Å². The molecule has 1 aromatic heterocycles. The Bertz CT molecular complexity index is 875. The normalized spacial score (nSPS) is 10.6. The fourth-order valence-electron chi connectivity index (χ4n) is 2.39. The highest BCUT2D eigenvalue weighted by Gasteiger charge is 2.21. The van der Waals surface area contributed by atoms with Crippen molar-refractivity contribution in [3.63, 3.8) is 0 Å². The number of hydrogen-bond donors (Lipinski definition) is 1. The minimum Gasteiger partial charge on any atom is -0.497 e. The third-order valence-electron chi connectivity index (χ3n) is 3.58. The molecule has 0 aliphatic rings. The second kappa shape index (κ2) is 6.49. The van der Waals surface area contributed by atoms with E-state index in [4.69, 9.17) is 4.74 Å². The number of carbonyl (C=O) groups is 1. The van der Waals surface area contributed by atoms with E-state index in [0.717, 1.165) is 0 Å².